The van der Waals surface area contributed by atoms with Crippen LogP contribution in [0.5, 0.6) is 0 Å². The van der Waals surface area contributed by atoms with Gasteiger partial charge < -0.3 is 11.1 Å². The standard InChI is InChI=1S/C22H23N2O2PS/c1-3-22(4-2,27-26)17-10-7-15(8-11-17)21(25)24-19-14-16(9-12-18(19)23)20-6-5-13-28-20/h5-14H,3-4,23H2,1-2H3,(H,24,25). The van der Waals surface area contributed by atoms with Gasteiger partial charge in [0.1, 0.15) is 0 Å². The second kappa shape index (κ2) is 8.68. The van der Waals surface area contributed by atoms with Crippen LogP contribution in [0.3, 0.4) is 0 Å². The average molecular weight is 410 g/mol. The van der Waals surface area contributed by atoms with Crippen LogP contribution in [0.15, 0.2) is 60.0 Å². The van der Waals surface area contributed by atoms with Crippen molar-refractivity contribution in [1.82, 2.24) is 0 Å². The van der Waals surface area contributed by atoms with Gasteiger partial charge in [-0.2, -0.15) is 0 Å². The highest BCUT2D eigenvalue weighted by atomic mass is 32.1. The van der Waals surface area contributed by atoms with Crippen molar-refractivity contribution in [2.45, 2.75) is 31.8 Å². The van der Waals surface area contributed by atoms with Gasteiger partial charge in [0.15, 0.2) is 8.46 Å². The average Bonchev–Trinajstić information content (AvgIpc) is 3.27. The number of rotatable bonds is 7. The topological polar surface area (TPSA) is 72.2 Å². The van der Waals surface area contributed by atoms with E-state index in [1.54, 1.807) is 29.5 Å². The molecule has 4 nitrogen and oxygen atoms in total. The number of amides is 1. The van der Waals surface area contributed by atoms with E-state index in [-0.39, 0.29) is 14.4 Å². The van der Waals surface area contributed by atoms with Crippen LogP contribution < -0.4 is 11.1 Å². The highest BCUT2D eigenvalue weighted by molar-refractivity contribution is 7.25. The minimum atomic E-state index is -0.394. The summed E-state index contributed by atoms with van der Waals surface area (Å²) in [5, 5.41) is 4.53. The summed E-state index contributed by atoms with van der Waals surface area (Å²) in [6.45, 7) is 4.05. The van der Waals surface area contributed by atoms with Crippen LogP contribution in [0.25, 0.3) is 10.4 Å². The highest BCUT2D eigenvalue weighted by Crippen LogP contribution is 2.41. The van der Waals surface area contributed by atoms with Gasteiger partial charge in [-0.15, -0.1) is 11.3 Å². The molecule has 0 bridgehead atoms. The highest BCUT2D eigenvalue weighted by Gasteiger charge is 2.29. The number of anilines is 2. The maximum absolute atomic E-state index is 12.7. The first kappa shape index (κ1) is 20.2. The van der Waals surface area contributed by atoms with Gasteiger partial charge in [-0.3, -0.25) is 9.36 Å². The normalized spacial score (nSPS) is 11.5. The fourth-order valence-corrected chi connectivity index (χ4v) is 4.46. The minimum Gasteiger partial charge on any atom is -0.397 e. The Hall–Kier alpha value is -2.49. The number of nitrogens with two attached hydrogens (primary N) is 1. The van der Waals surface area contributed by atoms with Gasteiger partial charge in [0, 0.05) is 10.4 Å². The van der Waals surface area contributed by atoms with Crippen LogP contribution in [0.1, 0.15) is 42.6 Å². The van der Waals surface area contributed by atoms with Crippen molar-refractivity contribution in [1.29, 1.82) is 0 Å². The van der Waals surface area contributed by atoms with Gasteiger partial charge in [0.25, 0.3) is 5.91 Å². The Balaban J connectivity index is 1.82. The first-order chi connectivity index (χ1) is 13.5. The molecule has 0 aliphatic rings. The molecule has 3 aromatic rings. The van der Waals surface area contributed by atoms with Gasteiger partial charge in [0.05, 0.1) is 16.5 Å². The lowest BCUT2D eigenvalue weighted by molar-refractivity contribution is 0.102. The van der Waals surface area contributed by atoms with Crippen LogP contribution in [-0.4, -0.2) is 5.91 Å². The molecule has 0 saturated heterocycles. The number of thiophene rings is 1. The van der Waals surface area contributed by atoms with E-state index in [4.69, 9.17) is 5.73 Å². The predicted octanol–water partition coefficient (Wildman–Crippen LogP) is 6.56. The molecule has 1 heterocycles. The van der Waals surface area contributed by atoms with E-state index < -0.39 is 5.16 Å². The fraction of sp³-hybridized carbons (Fsp3) is 0.227. The zero-order valence-corrected chi connectivity index (χ0v) is 17.6. The summed E-state index contributed by atoms with van der Waals surface area (Å²) in [7, 11) is 0.104. The van der Waals surface area contributed by atoms with E-state index >= 15 is 0 Å². The summed E-state index contributed by atoms with van der Waals surface area (Å²) in [5.74, 6) is -0.222. The van der Waals surface area contributed by atoms with E-state index in [0.717, 1.165) is 28.8 Å². The Morgan fingerprint density at radius 3 is 2.39 bits per heavy atom. The molecule has 0 radical (unpaired) electrons. The second-order valence-corrected chi connectivity index (χ2v) is 8.63. The summed E-state index contributed by atoms with van der Waals surface area (Å²) >= 11 is 1.64. The summed E-state index contributed by atoms with van der Waals surface area (Å²) in [4.78, 5) is 13.8. The summed E-state index contributed by atoms with van der Waals surface area (Å²) in [5.41, 5.74) is 9.70. The van der Waals surface area contributed by atoms with Crippen LogP contribution in [0.4, 0.5) is 11.4 Å². The van der Waals surface area contributed by atoms with Gasteiger partial charge >= 0.3 is 0 Å². The zero-order chi connectivity index (χ0) is 20.1. The molecule has 3 rings (SSSR count). The van der Waals surface area contributed by atoms with E-state index in [1.165, 1.54) is 0 Å². The molecule has 0 aliphatic carbocycles. The van der Waals surface area contributed by atoms with Crippen molar-refractivity contribution in [3.63, 3.8) is 0 Å². The Kier molecular flexibility index (Phi) is 6.28. The molecular weight excluding hydrogens is 387 g/mol. The van der Waals surface area contributed by atoms with Crippen molar-refractivity contribution in [3.8, 4) is 10.4 Å². The van der Waals surface area contributed by atoms with Crippen LogP contribution in [0.2, 0.25) is 0 Å². The molecule has 1 aromatic heterocycles. The molecule has 2 aromatic carbocycles. The zero-order valence-electron chi connectivity index (χ0n) is 15.9. The third-order valence-electron chi connectivity index (χ3n) is 5.14. The number of carbonyl (C=O) groups excluding carboxylic acids is 1. The second-order valence-electron chi connectivity index (χ2n) is 6.64. The Labute approximate surface area is 171 Å². The smallest absolute Gasteiger partial charge is 0.255 e. The maximum atomic E-state index is 12.7. The van der Waals surface area contributed by atoms with Crippen molar-refractivity contribution in [3.05, 3.63) is 71.1 Å². The molecule has 6 heteroatoms. The Morgan fingerprint density at radius 1 is 1.11 bits per heavy atom. The summed E-state index contributed by atoms with van der Waals surface area (Å²) < 4.78 is 11.7. The number of benzene rings is 2. The first-order valence-electron chi connectivity index (χ1n) is 9.22. The van der Waals surface area contributed by atoms with E-state index in [2.05, 4.69) is 5.32 Å². The van der Waals surface area contributed by atoms with E-state index in [0.29, 0.717) is 16.9 Å². The lowest BCUT2D eigenvalue weighted by Crippen LogP contribution is -2.17. The quantitative estimate of drug-likeness (QED) is 0.342. The molecule has 1 amide bonds. The molecule has 0 spiro atoms. The first-order valence-corrected chi connectivity index (χ1v) is 10.9. The summed E-state index contributed by atoms with van der Waals surface area (Å²) in [6.07, 6.45) is 1.54. The fourth-order valence-electron chi connectivity index (χ4n) is 3.23. The lowest BCUT2D eigenvalue weighted by Gasteiger charge is -2.24. The van der Waals surface area contributed by atoms with Crippen molar-refractivity contribution < 1.29 is 9.36 Å². The molecule has 0 saturated carbocycles. The molecular formula is C22H23N2O2PS. The SMILES string of the molecule is CCC(CC)(P=O)c1ccc(C(=O)Nc2cc(-c3cccs3)ccc2N)cc1. The Bertz CT molecular complexity index is 965. The lowest BCUT2D eigenvalue weighted by atomic mass is 9.92. The van der Waals surface area contributed by atoms with E-state index in [1.807, 2.05) is 55.6 Å². The van der Waals surface area contributed by atoms with Gasteiger partial charge in [-0.1, -0.05) is 38.1 Å². The Morgan fingerprint density at radius 2 is 1.82 bits per heavy atom. The molecule has 0 aliphatic heterocycles. The number of hydrogen-bond donors (Lipinski definition) is 2. The number of nitrogen functional groups attached to an aromatic ring is 1. The predicted molar refractivity (Wildman–Crippen MR) is 118 cm³/mol. The van der Waals surface area contributed by atoms with Crippen LogP contribution in [-0.2, 0) is 9.72 Å². The molecule has 0 atom stereocenters. The van der Waals surface area contributed by atoms with Gasteiger partial charge in [0.2, 0.25) is 0 Å². The third kappa shape index (κ3) is 4.01. The van der Waals surface area contributed by atoms with Gasteiger partial charge in [-0.05, 0) is 59.7 Å². The number of hydrogen-bond acceptors (Lipinski definition) is 4. The number of carbonyl (C=O) groups is 1. The molecule has 144 valence electrons. The monoisotopic (exact) mass is 410 g/mol. The van der Waals surface area contributed by atoms with Crippen molar-refractivity contribution >= 4 is 37.1 Å². The molecule has 0 unspecified atom stereocenters. The summed E-state index contributed by atoms with van der Waals surface area (Å²) in [6, 6.07) is 17.0. The minimum absolute atomic E-state index is 0.104. The third-order valence-corrected chi connectivity index (χ3v) is 7.30. The largest absolute Gasteiger partial charge is 0.397 e. The van der Waals surface area contributed by atoms with Crippen molar-refractivity contribution in [2.24, 2.45) is 0 Å². The van der Waals surface area contributed by atoms with Gasteiger partial charge in [-0.25, -0.2) is 0 Å². The molecule has 3 N–H and O–H groups in total. The molecule has 28 heavy (non-hydrogen) atoms. The van der Waals surface area contributed by atoms with Crippen molar-refractivity contribution in [2.75, 3.05) is 11.1 Å². The number of nitrogens with one attached hydrogen (secondary N) is 1. The van der Waals surface area contributed by atoms with Crippen LogP contribution in [0, 0.1) is 0 Å². The van der Waals surface area contributed by atoms with Crippen LogP contribution >= 0.6 is 19.8 Å². The van der Waals surface area contributed by atoms with E-state index in [9.17, 15) is 9.36 Å². The molecule has 0 fully saturated rings. The maximum Gasteiger partial charge on any atom is 0.255 e.